The summed E-state index contributed by atoms with van der Waals surface area (Å²) in [5, 5.41) is 6.32. The summed E-state index contributed by atoms with van der Waals surface area (Å²) in [6, 6.07) is 3.40. The van der Waals surface area contributed by atoms with Gasteiger partial charge in [0.15, 0.2) is 0 Å². The van der Waals surface area contributed by atoms with Crippen LogP contribution in [0.4, 0.5) is 10.2 Å². The van der Waals surface area contributed by atoms with Crippen LogP contribution in [0.5, 0.6) is 5.75 Å². The van der Waals surface area contributed by atoms with Gasteiger partial charge in [0.2, 0.25) is 0 Å². The topological polar surface area (TPSA) is 76.4 Å². The number of hydrogen-bond acceptors (Lipinski definition) is 6. The number of pyridine rings is 1. The smallest absolute Gasteiger partial charge is 0.145 e. The van der Waals surface area contributed by atoms with E-state index in [4.69, 9.17) is 4.74 Å². The van der Waals surface area contributed by atoms with Gasteiger partial charge in [0.05, 0.1) is 37.4 Å². The molecule has 4 heterocycles. The maximum absolute atomic E-state index is 14.0. The monoisotopic (exact) mass is 342 g/mol. The molecule has 7 nitrogen and oxygen atoms in total. The third-order valence-corrected chi connectivity index (χ3v) is 4.35. The number of ether oxygens (including phenoxy) is 1. The molecule has 0 saturated carbocycles. The van der Waals surface area contributed by atoms with Crippen LogP contribution in [-0.4, -0.2) is 51.8 Å². The Morgan fingerprint density at radius 2 is 2.28 bits per heavy atom. The number of piperidine rings is 1. The molecule has 0 bridgehead atoms. The highest BCUT2D eigenvalue weighted by atomic mass is 19.1. The van der Waals surface area contributed by atoms with E-state index in [-0.39, 0.29) is 6.04 Å². The van der Waals surface area contributed by atoms with E-state index >= 15 is 0 Å². The van der Waals surface area contributed by atoms with Crippen LogP contribution in [0.1, 0.15) is 6.42 Å². The molecule has 0 aliphatic carbocycles. The Hall–Kier alpha value is -2.74. The van der Waals surface area contributed by atoms with Gasteiger partial charge in [-0.05, 0) is 19.0 Å². The van der Waals surface area contributed by atoms with Crippen molar-refractivity contribution in [3.05, 3.63) is 36.9 Å². The summed E-state index contributed by atoms with van der Waals surface area (Å²) in [6.45, 7) is 1.28. The zero-order valence-corrected chi connectivity index (χ0v) is 13.8. The highest BCUT2D eigenvalue weighted by molar-refractivity contribution is 5.61. The van der Waals surface area contributed by atoms with Crippen molar-refractivity contribution in [1.29, 1.82) is 0 Å². The van der Waals surface area contributed by atoms with Crippen molar-refractivity contribution in [1.82, 2.24) is 24.7 Å². The van der Waals surface area contributed by atoms with Gasteiger partial charge in [-0.15, -0.1) is 0 Å². The lowest BCUT2D eigenvalue weighted by molar-refractivity contribution is 0.241. The van der Waals surface area contributed by atoms with Gasteiger partial charge in [-0.1, -0.05) is 0 Å². The molecule has 4 rings (SSSR count). The largest absolute Gasteiger partial charge is 0.497 e. The number of nitrogens with one attached hydrogen (secondary N) is 2. The molecule has 1 aliphatic rings. The summed E-state index contributed by atoms with van der Waals surface area (Å²) >= 11 is 0. The van der Waals surface area contributed by atoms with E-state index in [1.807, 2.05) is 22.7 Å². The maximum atomic E-state index is 14.0. The fourth-order valence-corrected chi connectivity index (χ4v) is 3.00. The molecule has 2 unspecified atom stereocenters. The minimum Gasteiger partial charge on any atom is -0.497 e. The first-order chi connectivity index (χ1) is 12.2. The maximum Gasteiger partial charge on any atom is 0.145 e. The van der Waals surface area contributed by atoms with Crippen molar-refractivity contribution in [3.8, 4) is 17.1 Å². The van der Waals surface area contributed by atoms with Crippen molar-refractivity contribution in [2.75, 3.05) is 25.5 Å². The predicted octanol–water partition coefficient (Wildman–Crippen LogP) is 1.91. The number of methoxy groups -OCH3 is 1. The van der Waals surface area contributed by atoms with Crippen molar-refractivity contribution in [2.45, 2.75) is 18.6 Å². The number of rotatable bonds is 4. The fourth-order valence-electron chi connectivity index (χ4n) is 3.00. The zero-order chi connectivity index (χ0) is 17.2. The highest BCUT2D eigenvalue weighted by Crippen LogP contribution is 2.22. The van der Waals surface area contributed by atoms with Crippen LogP contribution in [0.2, 0.25) is 0 Å². The first-order valence-electron chi connectivity index (χ1n) is 8.19. The van der Waals surface area contributed by atoms with Gasteiger partial charge in [0, 0.05) is 18.8 Å². The molecule has 3 aromatic heterocycles. The SMILES string of the molecule is COc1ccn2c(-c3cncc(NC4CNCCC4F)n3)cnc2c1. The highest BCUT2D eigenvalue weighted by Gasteiger charge is 2.24. The van der Waals surface area contributed by atoms with Crippen molar-refractivity contribution in [2.24, 2.45) is 0 Å². The van der Waals surface area contributed by atoms with Crippen molar-refractivity contribution in [3.63, 3.8) is 0 Å². The zero-order valence-electron chi connectivity index (χ0n) is 13.8. The molecule has 2 atom stereocenters. The minimum absolute atomic E-state index is 0.301. The molecule has 25 heavy (non-hydrogen) atoms. The molecule has 0 spiro atoms. The van der Waals surface area contributed by atoms with E-state index < -0.39 is 6.17 Å². The van der Waals surface area contributed by atoms with E-state index in [0.29, 0.717) is 31.0 Å². The molecule has 0 amide bonds. The Labute approximate surface area is 144 Å². The number of imidazole rings is 1. The summed E-state index contributed by atoms with van der Waals surface area (Å²) < 4.78 is 21.1. The van der Waals surface area contributed by atoms with Gasteiger partial charge in [0.1, 0.15) is 29.1 Å². The molecule has 1 saturated heterocycles. The van der Waals surface area contributed by atoms with E-state index in [0.717, 1.165) is 17.1 Å². The van der Waals surface area contributed by atoms with Crippen LogP contribution in [0.15, 0.2) is 36.9 Å². The van der Waals surface area contributed by atoms with Crippen LogP contribution < -0.4 is 15.4 Å². The average molecular weight is 342 g/mol. The van der Waals surface area contributed by atoms with E-state index in [1.54, 1.807) is 25.7 Å². The molecule has 1 fully saturated rings. The van der Waals surface area contributed by atoms with Crippen LogP contribution in [0.25, 0.3) is 17.0 Å². The third kappa shape index (κ3) is 3.12. The molecule has 1 aliphatic heterocycles. The Balaban J connectivity index is 1.63. The summed E-state index contributed by atoms with van der Waals surface area (Å²) in [6.07, 6.45) is 6.50. The van der Waals surface area contributed by atoms with Gasteiger partial charge < -0.3 is 15.4 Å². The Morgan fingerprint density at radius 3 is 3.12 bits per heavy atom. The first kappa shape index (κ1) is 15.8. The summed E-state index contributed by atoms with van der Waals surface area (Å²) in [7, 11) is 1.62. The van der Waals surface area contributed by atoms with Crippen LogP contribution >= 0.6 is 0 Å². The fraction of sp³-hybridized carbons (Fsp3) is 0.353. The minimum atomic E-state index is -0.894. The lowest BCUT2D eigenvalue weighted by Gasteiger charge is -2.27. The normalized spacial score (nSPS) is 20.6. The molecular formula is C17H19FN6O. The quantitative estimate of drug-likeness (QED) is 0.754. The molecule has 0 radical (unpaired) electrons. The lowest BCUT2D eigenvalue weighted by Crippen LogP contribution is -2.46. The number of halogens is 1. The van der Waals surface area contributed by atoms with Crippen LogP contribution in [0, 0.1) is 0 Å². The van der Waals surface area contributed by atoms with Crippen molar-refractivity contribution >= 4 is 11.5 Å². The molecule has 0 aromatic carbocycles. The molecule has 8 heteroatoms. The third-order valence-electron chi connectivity index (χ3n) is 4.35. The summed E-state index contributed by atoms with van der Waals surface area (Å²) in [4.78, 5) is 13.2. The number of hydrogen-bond donors (Lipinski definition) is 2. The molecule has 130 valence electrons. The number of anilines is 1. The van der Waals surface area contributed by atoms with Gasteiger partial charge in [-0.3, -0.25) is 9.38 Å². The molecule has 2 N–H and O–H groups in total. The lowest BCUT2D eigenvalue weighted by atomic mass is 10.1. The standard InChI is InChI=1S/C17H19FN6O/c1-25-11-3-5-24-15(9-21-17(24)6-11)14-8-20-10-16(23-14)22-13-7-19-4-2-12(13)18/h3,5-6,8-10,12-13,19H,2,4,7H2,1H3,(H,22,23). The predicted molar refractivity (Wildman–Crippen MR) is 92.6 cm³/mol. The molecule has 3 aromatic rings. The van der Waals surface area contributed by atoms with E-state index in [2.05, 4.69) is 25.6 Å². The van der Waals surface area contributed by atoms with Crippen molar-refractivity contribution < 1.29 is 9.13 Å². The number of fused-ring (bicyclic) bond motifs is 1. The van der Waals surface area contributed by atoms with Gasteiger partial charge in [0.25, 0.3) is 0 Å². The van der Waals surface area contributed by atoms with E-state index in [1.165, 1.54) is 0 Å². The Kier molecular flexibility index (Phi) is 4.19. The van der Waals surface area contributed by atoms with Gasteiger partial charge in [-0.2, -0.15) is 0 Å². The Bertz CT molecular complexity index is 882. The number of aromatic nitrogens is 4. The first-order valence-corrected chi connectivity index (χ1v) is 8.19. The second kappa shape index (κ2) is 6.64. The molecular weight excluding hydrogens is 323 g/mol. The number of nitrogens with zero attached hydrogens (tertiary/aromatic N) is 4. The van der Waals surface area contributed by atoms with E-state index in [9.17, 15) is 4.39 Å². The second-order valence-corrected chi connectivity index (χ2v) is 5.99. The summed E-state index contributed by atoms with van der Waals surface area (Å²) in [5.41, 5.74) is 2.24. The summed E-state index contributed by atoms with van der Waals surface area (Å²) in [5.74, 6) is 1.29. The van der Waals surface area contributed by atoms with Gasteiger partial charge in [-0.25, -0.2) is 14.4 Å². The van der Waals surface area contributed by atoms with Crippen LogP contribution in [0.3, 0.4) is 0 Å². The number of alkyl halides is 1. The Morgan fingerprint density at radius 1 is 1.36 bits per heavy atom. The van der Waals surface area contributed by atoms with Crippen LogP contribution in [-0.2, 0) is 0 Å². The second-order valence-electron chi connectivity index (χ2n) is 5.99. The van der Waals surface area contributed by atoms with Gasteiger partial charge >= 0.3 is 0 Å². The average Bonchev–Trinajstić information content (AvgIpc) is 3.07.